The molecule has 0 bridgehead atoms. The molecule has 4 N–H and O–H groups in total. The number of anilines is 2. The minimum Gasteiger partial charge on any atom is -0.366 e. The van der Waals surface area contributed by atoms with Gasteiger partial charge in [-0.3, -0.25) is 14.4 Å². The topological polar surface area (TPSA) is 101 Å². The van der Waals surface area contributed by atoms with Gasteiger partial charge < -0.3 is 16.4 Å². The fraction of sp³-hybridized carbons (Fsp3) is 0.0455. The fourth-order valence-corrected chi connectivity index (χ4v) is 2.82. The van der Waals surface area contributed by atoms with E-state index in [1.54, 1.807) is 18.2 Å². The lowest BCUT2D eigenvalue weighted by Crippen LogP contribution is -2.20. The lowest BCUT2D eigenvalue weighted by molar-refractivity contribution is -0.137. The van der Waals surface area contributed by atoms with E-state index in [1.807, 2.05) is 0 Å². The Labute approximate surface area is 174 Å². The number of hydrogen-bond donors (Lipinski definition) is 3. The molecule has 0 spiro atoms. The van der Waals surface area contributed by atoms with Crippen molar-refractivity contribution in [1.82, 2.24) is 0 Å². The van der Waals surface area contributed by atoms with Gasteiger partial charge in [-0.05, 0) is 42.5 Å². The van der Waals surface area contributed by atoms with E-state index in [-0.39, 0.29) is 28.1 Å². The number of carbonyl (C=O) groups is 3. The molecule has 0 fully saturated rings. The maximum absolute atomic E-state index is 13.4. The molecular weight excluding hydrogens is 411 g/mol. The van der Waals surface area contributed by atoms with Crippen LogP contribution in [-0.2, 0) is 6.18 Å². The van der Waals surface area contributed by atoms with Gasteiger partial charge in [0.15, 0.2) is 0 Å². The first-order valence-corrected chi connectivity index (χ1v) is 8.94. The molecule has 0 aliphatic rings. The van der Waals surface area contributed by atoms with E-state index in [2.05, 4.69) is 10.6 Å². The Morgan fingerprint density at radius 2 is 1.23 bits per heavy atom. The molecule has 0 aromatic heterocycles. The molecule has 3 amide bonds. The SMILES string of the molecule is NC(=O)c1ccccc1C(=O)Nc1cc(NC(=O)c2ccccc2)cc(C(F)(F)F)c1. The second-order valence-electron chi connectivity index (χ2n) is 6.48. The zero-order chi connectivity index (χ0) is 22.6. The number of hydrogen-bond acceptors (Lipinski definition) is 3. The van der Waals surface area contributed by atoms with E-state index in [9.17, 15) is 27.6 Å². The van der Waals surface area contributed by atoms with Crippen LogP contribution < -0.4 is 16.4 Å². The molecule has 0 saturated carbocycles. The zero-order valence-corrected chi connectivity index (χ0v) is 15.9. The summed E-state index contributed by atoms with van der Waals surface area (Å²) in [5.41, 5.74) is 3.87. The number of halogens is 3. The van der Waals surface area contributed by atoms with Gasteiger partial charge in [0.25, 0.3) is 11.8 Å². The molecule has 158 valence electrons. The van der Waals surface area contributed by atoms with Gasteiger partial charge in [-0.2, -0.15) is 13.2 Å². The van der Waals surface area contributed by atoms with Crippen LogP contribution in [0.1, 0.15) is 36.6 Å². The summed E-state index contributed by atoms with van der Waals surface area (Å²) in [7, 11) is 0. The molecule has 9 heteroatoms. The molecule has 0 heterocycles. The first kappa shape index (κ1) is 21.6. The summed E-state index contributed by atoms with van der Waals surface area (Å²) in [5, 5.41) is 4.71. The smallest absolute Gasteiger partial charge is 0.366 e. The quantitative estimate of drug-likeness (QED) is 0.566. The third kappa shape index (κ3) is 5.27. The number of benzene rings is 3. The second kappa shape index (κ2) is 8.70. The maximum Gasteiger partial charge on any atom is 0.416 e. The summed E-state index contributed by atoms with van der Waals surface area (Å²) in [6, 6.07) is 16.2. The summed E-state index contributed by atoms with van der Waals surface area (Å²) in [4.78, 5) is 36.4. The van der Waals surface area contributed by atoms with Gasteiger partial charge >= 0.3 is 6.18 Å². The maximum atomic E-state index is 13.4. The van der Waals surface area contributed by atoms with Gasteiger partial charge in [0.1, 0.15) is 0 Å². The van der Waals surface area contributed by atoms with Crippen molar-refractivity contribution in [3.63, 3.8) is 0 Å². The van der Waals surface area contributed by atoms with Gasteiger partial charge in [0.05, 0.1) is 16.7 Å². The number of nitrogens with two attached hydrogens (primary N) is 1. The molecule has 0 aliphatic carbocycles. The average molecular weight is 427 g/mol. The van der Waals surface area contributed by atoms with E-state index < -0.39 is 29.5 Å². The van der Waals surface area contributed by atoms with Gasteiger partial charge in [-0.25, -0.2) is 0 Å². The predicted molar refractivity (Wildman–Crippen MR) is 109 cm³/mol. The van der Waals surface area contributed by atoms with Crippen LogP contribution in [0.5, 0.6) is 0 Å². The van der Waals surface area contributed by atoms with Crippen LogP contribution >= 0.6 is 0 Å². The minimum absolute atomic E-state index is 0.0791. The average Bonchev–Trinajstić information content (AvgIpc) is 2.73. The van der Waals surface area contributed by atoms with E-state index in [1.165, 1.54) is 42.5 Å². The Morgan fingerprint density at radius 1 is 0.710 bits per heavy atom. The van der Waals surface area contributed by atoms with Crippen molar-refractivity contribution in [3.8, 4) is 0 Å². The fourth-order valence-electron chi connectivity index (χ4n) is 2.82. The van der Waals surface area contributed by atoms with Crippen molar-refractivity contribution in [1.29, 1.82) is 0 Å². The van der Waals surface area contributed by atoms with Crippen LogP contribution in [-0.4, -0.2) is 17.7 Å². The molecule has 0 saturated heterocycles. The Hall–Kier alpha value is -4.14. The number of rotatable bonds is 5. The van der Waals surface area contributed by atoms with Crippen LogP contribution in [0.4, 0.5) is 24.5 Å². The third-order valence-corrected chi connectivity index (χ3v) is 4.25. The van der Waals surface area contributed by atoms with Gasteiger partial charge in [-0.1, -0.05) is 30.3 Å². The van der Waals surface area contributed by atoms with Crippen molar-refractivity contribution in [2.24, 2.45) is 5.73 Å². The molecule has 31 heavy (non-hydrogen) atoms. The standard InChI is InChI=1S/C22H16F3N3O3/c23-22(24,25)14-10-15(27-20(30)13-6-2-1-3-7-13)12-16(11-14)28-21(31)18-9-5-4-8-17(18)19(26)29/h1-12H,(H2,26,29)(H,27,30)(H,28,31). The Balaban J connectivity index is 1.93. The van der Waals surface area contributed by atoms with Crippen molar-refractivity contribution < 1.29 is 27.6 Å². The van der Waals surface area contributed by atoms with E-state index in [4.69, 9.17) is 5.73 Å². The van der Waals surface area contributed by atoms with Gasteiger partial charge in [0, 0.05) is 16.9 Å². The molecule has 0 unspecified atom stereocenters. The van der Waals surface area contributed by atoms with E-state index >= 15 is 0 Å². The van der Waals surface area contributed by atoms with Crippen LogP contribution in [0.3, 0.4) is 0 Å². The molecule has 0 radical (unpaired) electrons. The third-order valence-electron chi connectivity index (χ3n) is 4.25. The second-order valence-corrected chi connectivity index (χ2v) is 6.48. The molecule has 6 nitrogen and oxygen atoms in total. The number of carbonyl (C=O) groups excluding carboxylic acids is 3. The normalized spacial score (nSPS) is 10.9. The Bertz CT molecular complexity index is 1150. The molecule has 3 rings (SSSR count). The molecule has 3 aromatic carbocycles. The minimum atomic E-state index is -4.72. The molecular formula is C22H16F3N3O3. The molecule has 0 aliphatic heterocycles. The number of primary amides is 1. The van der Waals surface area contributed by atoms with Crippen molar-refractivity contribution in [3.05, 3.63) is 95.1 Å². The number of alkyl halides is 3. The van der Waals surface area contributed by atoms with Crippen molar-refractivity contribution in [2.75, 3.05) is 10.6 Å². The summed E-state index contributed by atoms with van der Waals surface area (Å²) in [6.45, 7) is 0. The highest BCUT2D eigenvalue weighted by Gasteiger charge is 2.31. The highest BCUT2D eigenvalue weighted by molar-refractivity contribution is 6.12. The summed E-state index contributed by atoms with van der Waals surface area (Å²) >= 11 is 0. The van der Waals surface area contributed by atoms with Gasteiger partial charge in [-0.15, -0.1) is 0 Å². The summed E-state index contributed by atoms with van der Waals surface area (Å²) in [6.07, 6.45) is -4.72. The van der Waals surface area contributed by atoms with Crippen molar-refractivity contribution >= 4 is 29.1 Å². The van der Waals surface area contributed by atoms with E-state index in [0.717, 1.165) is 12.1 Å². The molecule has 0 atom stereocenters. The molecule has 3 aromatic rings. The Kier molecular flexibility index (Phi) is 6.05. The predicted octanol–water partition coefficient (Wildman–Crippen LogP) is 4.31. The number of nitrogens with one attached hydrogen (secondary N) is 2. The van der Waals surface area contributed by atoms with Crippen LogP contribution in [0.25, 0.3) is 0 Å². The highest BCUT2D eigenvalue weighted by Crippen LogP contribution is 2.33. The first-order chi connectivity index (χ1) is 14.6. The number of amides is 3. The largest absolute Gasteiger partial charge is 0.416 e. The Morgan fingerprint density at radius 3 is 1.77 bits per heavy atom. The van der Waals surface area contributed by atoms with Crippen LogP contribution in [0.15, 0.2) is 72.8 Å². The summed E-state index contributed by atoms with van der Waals surface area (Å²) < 4.78 is 40.1. The van der Waals surface area contributed by atoms with Crippen LogP contribution in [0.2, 0.25) is 0 Å². The monoisotopic (exact) mass is 427 g/mol. The lowest BCUT2D eigenvalue weighted by Gasteiger charge is -2.14. The highest BCUT2D eigenvalue weighted by atomic mass is 19.4. The zero-order valence-electron chi connectivity index (χ0n) is 15.9. The lowest BCUT2D eigenvalue weighted by atomic mass is 10.1. The van der Waals surface area contributed by atoms with E-state index in [0.29, 0.717) is 0 Å². The first-order valence-electron chi connectivity index (χ1n) is 8.94. The summed E-state index contributed by atoms with van der Waals surface area (Å²) in [5.74, 6) is -2.30. The van der Waals surface area contributed by atoms with Crippen molar-refractivity contribution in [2.45, 2.75) is 6.18 Å². The van der Waals surface area contributed by atoms with Gasteiger partial charge in [0.2, 0.25) is 5.91 Å². The van der Waals surface area contributed by atoms with Crippen LogP contribution in [0, 0.1) is 0 Å².